The van der Waals surface area contributed by atoms with E-state index in [0.29, 0.717) is 57.8 Å². The molecule has 6 N–H and O–H groups in total. The highest BCUT2D eigenvalue weighted by Gasteiger charge is 2.24. The van der Waals surface area contributed by atoms with Crippen molar-refractivity contribution in [3.05, 3.63) is 144 Å². The lowest BCUT2D eigenvalue weighted by molar-refractivity contribution is 0.342. The van der Waals surface area contributed by atoms with Crippen molar-refractivity contribution < 1.29 is 8.78 Å². The van der Waals surface area contributed by atoms with E-state index in [1.54, 1.807) is 0 Å². The van der Waals surface area contributed by atoms with Gasteiger partial charge in [-0.05, 0) is 70.5 Å². The smallest absolute Gasteiger partial charge is 0.129 e. The first-order chi connectivity index (χ1) is 24.8. The minimum Gasteiger partial charge on any atom is -0.396 e. The summed E-state index contributed by atoms with van der Waals surface area (Å²) < 4.78 is 34.3. The minimum absolute atomic E-state index is 0.326. The molecule has 0 saturated heterocycles. The fourth-order valence-electron chi connectivity index (χ4n) is 6.45. The summed E-state index contributed by atoms with van der Waals surface area (Å²) in [5.41, 5.74) is 28.1. The number of allylic oxidation sites excluding steroid dienone is 4. The number of nitrogens with zero attached hydrogens (tertiary/aromatic N) is 1. The largest absolute Gasteiger partial charge is 0.396 e. The number of hydrogen-bond donors (Lipinski definition) is 3. The molecule has 2 unspecified atom stereocenters. The van der Waals surface area contributed by atoms with Crippen LogP contribution in [0.15, 0.2) is 131 Å². The molecule has 0 bridgehead atoms. The highest BCUT2D eigenvalue weighted by Crippen LogP contribution is 2.53. The van der Waals surface area contributed by atoms with Crippen molar-refractivity contribution in [2.75, 3.05) is 17.2 Å². The van der Waals surface area contributed by atoms with E-state index in [1.807, 2.05) is 109 Å². The van der Waals surface area contributed by atoms with Crippen molar-refractivity contribution in [2.45, 2.75) is 38.0 Å². The van der Waals surface area contributed by atoms with Gasteiger partial charge >= 0.3 is 0 Å². The van der Waals surface area contributed by atoms with Crippen molar-refractivity contribution in [3.63, 3.8) is 0 Å². The zero-order valence-electron chi connectivity index (χ0n) is 27.7. The molecule has 0 aliphatic heterocycles. The molecule has 0 amide bonds. The lowest BCUT2D eigenvalue weighted by Gasteiger charge is -2.17. The Morgan fingerprint density at radius 3 is 1.69 bits per heavy atom. The number of alkyl halides is 2. The van der Waals surface area contributed by atoms with Crippen molar-refractivity contribution in [3.8, 4) is 41.8 Å². The van der Waals surface area contributed by atoms with E-state index in [9.17, 15) is 0 Å². The normalized spacial score (nSPS) is 13.9. The number of halogens is 2. The van der Waals surface area contributed by atoms with Crippen LogP contribution in [0.4, 0.5) is 31.5 Å². The van der Waals surface area contributed by atoms with E-state index in [-0.39, 0.29) is 0 Å². The number of thiophene rings is 2. The van der Waals surface area contributed by atoms with Gasteiger partial charge in [0.2, 0.25) is 0 Å². The maximum Gasteiger partial charge on any atom is 0.129 e. The quantitative estimate of drug-likeness (QED) is 0.116. The van der Waals surface area contributed by atoms with E-state index in [4.69, 9.17) is 29.6 Å². The molecular weight excluding hydrogens is 695 g/mol. The molecule has 0 spiro atoms. The number of rotatable bonds is 11. The number of nitrogen functional groups attached to an aromatic ring is 3. The lowest BCUT2D eigenvalue weighted by Crippen LogP contribution is -2.03. The summed E-state index contributed by atoms with van der Waals surface area (Å²) in [6, 6.07) is 32.7. The van der Waals surface area contributed by atoms with Gasteiger partial charge in [-0.3, -0.25) is 0 Å². The summed E-state index contributed by atoms with van der Waals surface area (Å²) in [4.78, 5) is 3.60. The average molecular weight is 731 g/mol. The lowest BCUT2D eigenvalue weighted by atomic mass is 9.97. The third kappa shape index (κ3) is 7.28. The van der Waals surface area contributed by atoms with Gasteiger partial charge in [0.1, 0.15) is 18.0 Å². The molecule has 2 heterocycles. The first-order valence-electron chi connectivity index (χ1n) is 16.7. The van der Waals surface area contributed by atoms with Gasteiger partial charge in [-0.15, -0.1) is 22.7 Å². The van der Waals surface area contributed by atoms with E-state index in [0.717, 1.165) is 54.6 Å². The second kappa shape index (κ2) is 15.1. The highest BCUT2D eigenvalue weighted by atomic mass is 32.1. The molecule has 9 heteroatoms. The number of benzene rings is 4. The van der Waals surface area contributed by atoms with Crippen molar-refractivity contribution in [2.24, 2.45) is 4.36 Å². The third-order valence-electron chi connectivity index (χ3n) is 9.24. The van der Waals surface area contributed by atoms with E-state index < -0.39 is 12.3 Å². The van der Waals surface area contributed by atoms with Gasteiger partial charge < -0.3 is 17.2 Å². The molecular formula is C42H36F2N4S3. The van der Waals surface area contributed by atoms with Crippen molar-refractivity contribution in [1.82, 2.24) is 0 Å². The molecule has 2 aromatic heterocycles. The highest BCUT2D eigenvalue weighted by molar-refractivity contribution is 7.47. The number of nitrogens with two attached hydrogens (primary N) is 3. The molecule has 7 rings (SSSR count). The van der Waals surface area contributed by atoms with Crippen LogP contribution in [0.5, 0.6) is 0 Å². The zero-order chi connectivity index (χ0) is 35.5. The Balaban J connectivity index is 1.11. The van der Waals surface area contributed by atoms with Crippen LogP contribution in [0, 0.1) is 0 Å². The zero-order valence-corrected chi connectivity index (χ0v) is 30.1. The second-order valence-electron chi connectivity index (χ2n) is 12.6. The summed E-state index contributed by atoms with van der Waals surface area (Å²) in [6.07, 6.45) is 6.76. The van der Waals surface area contributed by atoms with Gasteiger partial charge in [-0.2, -0.15) is 4.36 Å². The average Bonchev–Trinajstić information content (AvgIpc) is 3.85. The molecule has 1 aliphatic carbocycles. The van der Waals surface area contributed by atoms with Crippen LogP contribution in [0.25, 0.3) is 41.8 Å². The Labute approximate surface area is 310 Å². The van der Waals surface area contributed by atoms with E-state index in [1.165, 1.54) is 22.7 Å². The summed E-state index contributed by atoms with van der Waals surface area (Å²) in [5, 5.41) is 0. The van der Waals surface area contributed by atoms with Crippen LogP contribution in [0.2, 0.25) is 0 Å². The summed E-state index contributed by atoms with van der Waals surface area (Å²) in [5.74, 6) is 0. The van der Waals surface area contributed by atoms with Crippen LogP contribution < -0.4 is 17.2 Å². The van der Waals surface area contributed by atoms with Gasteiger partial charge in [-0.25, -0.2) is 8.78 Å². The molecule has 4 nitrogen and oxygen atoms in total. The van der Waals surface area contributed by atoms with E-state index >= 15 is 8.78 Å². The van der Waals surface area contributed by atoms with Gasteiger partial charge in [0, 0.05) is 55.9 Å². The molecule has 51 heavy (non-hydrogen) atoms. The summed E-state index contributed by atoms with van der Waals surface area (Å²) in [7, 11) is 0. The SMILES string of the molecule is Nc1c(N)c(-c2ccc(-c3ccc(C(F)Cc4ccccc4)cc3)s2)c(N=S)c(N)c1-c1ccc(-c2ccc(C(F)CC3=CCCC=C3)cc2)s1. The number of hydrogen-bond acceptors (Lipinski definition) is 7. The second-order valence-corrected chi connectivity index (χ2v) is 14.9. The Morgan fingerprint density at radius 1 is 0.608 bits per heavy atom. The van der Waals surface area contributed by atoms with Gasteiger partial charge in [0.15, 0.2) is 0 Å². The summed E-state index contributed by atoms with van der Waals surface area (Å²) >= 11 is 8.27. The Bertz CT molecular complexity index is 2240. The Morgan fingerprint density at radius 2 is 1.14 bits per heavy atom. The molecule has 0 fully saturated rings. The Hall–Kier alpha value is -4.96. The van der Waals surface area contributed by atoms with Crippen molar-refractivity contribution in [1.29, 1.82) is 0 Å². The molecule has 6 aromatic rings. The van der Waals surface area contributed by atoms with Gasteiger partial charge in [-0.1, -0.05) is 97.1 Å². The Kier molecular flexibility index (Phi) is 10.2. The number of anilines is 3. The first-order valence-corrected chi connectivity index (χ1v) is 18.7. The monoisotopic (exact) mass is 730 g/mol. The van der Waals surface area contributed by atoms with Crippen molar-refractivity contribution >= 4 is 57.8 Å². The van der Waals surface area contributed by atoms with Crippen LogP contribution >= 0.6 is 22.7 Å². The van der Waals surface area contributed by atoms with Crippen LogP contribution in [-0.2, 0) is 18.8 Å². The van der Waals surface area contributed by atoms with E-state index in [2.05, 4.69) is 16.5 Å². The standard InChI is InChI=1S/C42H36F2N4S3/c43-31(23-25-7-3-1-4-8-25)27-11-15-29(16-12-27)33-19-21-35(50-33)37-39(45)40(46)38(42(48-49)41(37)47)36-22-20-34(51-36)30-17-13-28(14-18-30)32(44)24-26-9-5-2-6-10-26/h2-3,5-22,31-32H,1,4,23-24,45-47H2. The minimum atomic E-state index is -1.10. The maximum absolute atomic E-state index is 15.1. The topological polar surface area (TPSA) is 90.4 Å². The third-order valence-corrected chi connectivity index (χ3v) is 11.7. The van der Waals surface area contributed by atoms with Crippen LogP contribution in [0.3, 0.4) is 0 Å². The van der Waals surface area contributed by atoms with Gasteiger partial charge in [0.25, 0.3) is 0 Å². The van der Waals surface area contributed by atoms with Crippen LogP contribution in [-0.4, -0.2) is 0 Å². The maximum atomic E-state index is 15.1. The molecule has 2 atom stereocenters. The fraction of sp³-hybridized carbons (Fsp3) is 0.143. The molecule has 4 aromatic carbocycles. The molecule has 0 saturated carbocycles. The predicted octanol–water partition coefficient (Wildman–Crippen LogP) is 12.5. The molecule has 1 aliphatic rings. The molecule has 256 valence electrons. The summed E-state index contributed by atoms with van der Waals surface area (Å²) in [6.45, 7) is 0. The van der Waals surface area contributed by atoms with Crippen LogP contribution in [0.1, 0.15) is 48.3 Å². The molecule has 0 radical (unpaired) electrons. The predicted molar refractivity (Wildman–Crippen MR) is 216 cm³/mol. The van der Waals surface area contributed by atoms with Gasteiger partial charge in [0.05, 0.1) is 17.1 Å². The fourth-order valence-corrected chi connectivity index (χ4v) is 8.80. The first kappa shape index (κ1) is 34.5.